The van der Waals surface area contributed by atoms with Crippen LogP contribution in [-0.4, -0.2) is 111 Å². The molecule has 0 saturated carbocycles. The van der Waals surface area contributed by atoms with Gasteiger partial charge in [0.05, 0.1) is 31.9 Å². The fourth-order valence-electron chi connectivity index (χ4n) is 6.55. The summed E-state index contributed by atoms with van der Waals surface area (Å²) in [4.78, 5) is 27.4. The van der Waals surface area contributed by atoms with Crippen molar-refractivity contribution >= 4 is 101 Å². The molecule has 0 aliphatic carbocycles. The predicted octanol–water partition coefficient (Wildman–Crippen LogP) is 9.11. The van der Waals surface area contributed by atoms with Crippen molar-refractivity contribution in [1.29, 1.82) is 0 Å². The third-order valence-corrected chi connectivity index (χ3v) is 15.2. The summed E-state index contributed by atoms with van der Waals surface area (Å²) >= 11 is 37.8. The highest BCUT2D eigenvalue weighted by Crippen LogP contribution is 2.43. The van der Waals surface area contributed by atoms with Gasteiger partial charge < -0.3 is 29.2 Å². The Hall–Kier alpha value is -3.02. The first-order chi connectivity index (χ1) is 30.3. The maximum Gasteiger partial charge on any atom is 0.192 e. The lowest BCUT2D eigenvalue weighted by molar-refractivity contribution is -0.129. The molecule has 0 spiro atoms. The molecule has 2 N–H and O–H groups in total. The molecule has 3 unspecified atom stereocenters. The number of carbonyl (C=O) groups excluding carboxylic acids is 2. The molecule has 66 heavy (non-hydrogen) atoms. The maximum absolute atomic E-state index is 13.8. The molecular formula is C46H52Cl6O12S2. The van der Waals surface area contributed by atoms with Gasteiger partial charge in [0.15, 0.2) is 54.1 Å². The van der Waals surface area contributed by atoms with Crippen molar-refractivity contribution in [1.82, 2.24) is 0 Å². The van der Waals surface area contributed by atoms with Crippen LogP contribution >= 0.6 is 69.6 Å². The fourth-order valence-corrected chi connectivity index (χ4v) is 9.78. The topological polar surface area (TPSA) is 180 Å². The molecule has 0 saturated heterocycles. The molecule has 362 valence electrons. The van der Waals surface area contributed by atoms with Crippen molar-refractivity contribution in [3.8, 4) is 23.0 Å². The molecule has 0 amide bonds. The minimum Gasteiger partial charge on any atom is -0.487 e. The smallest absolute Gasteiger partial charge is 0.192 e. The lowest BCUT2D eigenvalue weighted by Gasteiger charge is -2.29. The van der Waals surface area contributed by atoms with Gasteiger partial charge in [-0.1, -0.05) is 98.4 Å². The maximum atomic E-state index is 13.8. The van der Waals surface area contributed by atoms with Crippen LogP contribution in [0.25, 0.3) is 0 Å². The van der Waals surface area contributed by atoms with Gasteiger partial charge in [0.25, 0.3) is 0 Å². The molecule has 0 heterocycles. The zero-order valence-electron chi connectivity index (χ0n) is 37.4. The lowest BCUT2D eigenvalue weighted by atomic mass is 9.78. The van der Waals surface area contributed by atoms with Gasteiger partial charge in [0, 0.05) is 23.3 Å². The Labute approximate surface area is 416 Å². The lowest BCUT2D eigenvalue weighted by Crippen LogP contribution is -2.51. The van der Waals surface area contributed by atoms with Crippen LogP contribution in [0.2, 0.25) is 20.1 Å². The van der Waals surface area contributed by atoms with Crippen LogP contribution in [0.3, 0.4) is 0 Å². The zero-order valence-corrected chi connectivity index (χ0v) is 43.6. The van der Waals surface area contributed by atoms with E-state index < -0.39 is 77.0 Å². The van der Waals surface area contributed by atoms with Gasteiger partial charge in [-0.15, -0.1) is 23.2 Å². The molecule has 12 nitrogen and oxygen atoms in total. The molecule has 0 aromatic heterocycles. The molecule has 0 radical (unpaired) electrons. The number of aliphatic hydroxyl groups is 2. The molecule has 0 aliphatic heterocycles. The van der Waals surface area contributed by atoms with Crippen molar-refractivity contribution in [2.45, 2.75) is 74.9 Å². The number of ether oxygens (including phenoxy) is 4. The van der Waals surface area contributed by atoms with Crippen molar-refractivity contribution < 1.29 is 55.6 Å². The monoisotopic (exact) mass is 1070 g/mol. The Morgan fingerprint density at radius 3 is 1.27 bits per heavy atom. The summed E-state index contributed by atoms with van der Waals surface area (Å²) in [7, 11) is -8.44. The number of rotatable bonds is 23. The van der Waals surface area contributed by atoms with Gasteiger partial charge in [-0.05, 0) is 84.6 Å². The molecular weight excluding hydrogens is 1020 g/mol. The highest BCUT2D eigenvalue weighted by Gasteiger charge is 2.44. The largest absolute Gasteiger partial charge is 0.487 e. The zero-order chi connectivity index (χ0) is 49.8. The van der Waals surface area contributed by atoms with Crippen molar-refractivity contribution in [2.24, 2.45) is 0 Å². The van der Waals surface area contributed by atoms with Crippen molar-refractivity contribution in [3.05, 3.63) is 115 Å². The van der Waals surface area contributed by atoms with Crippen LogP contribution in [0, 0.1) is 0 Å². The molecule has 4 atom stereocenters. The van der Waals surface area contributed by atoms with Crippen LogP contribution in [-0.2, 0) is 40.1 Å². The van der Waals surface area contributed by atoms with Gasteiger partial charge in [0.2, 0.25) is 0 Å². The average Bonchev–Trinajstić information content (AvgIpc) is 3.21. The highest BCUT2D eigenvalue weighted by atomic mass is 35.5. The van der Waals surface area contributed by atoms with E-state index >= 15 is 0 Å². The van der Waals surface area contributed by atoms with Crippen LogP contribution in [0.5, 0.6) is 23.0 Å². The fraction of sp³-hybridized carbons (Fsp3) is 0.435. The molecule has 4 rings (SSSR count). The minimum atomic E-state index is -4.44. The Kier molecular flexibility index (Phi) is 18.3. The quantitative estimate of drug-likeness (QED) is 0.0674. The number of carbonyl (C=O) groups is 2. The Bertz CT molecular complexity index is 2570. The second kappa shape index (κ2) is 21.7. The molecule has 0 fully saturated rings. The second-order valence-corrected chi connectivity index (χ2v) is 24.2. The van der Waals surface area contributed by atoms with Crippen LogP contribution in [0.1, 0.15) is 63.8 Å². The normalized spacial score (nSPS) is 15.2. The van der Waals surface area contributed by atoms with Crippen LogP contribution in [0.4, 0.5) is 0 Å². The second-order valence-electron chi connectivity index (χ2n) is 17.8. The first kappa shape index (κ1) is 55.6. The van der Waals surface area contributed by atoms with E-state index in [9.17, 15) is 36.6 Å². The molecule has 20 heteroatoms. The number of benzene rings is 4. The summed E-state index contributed by atoms with van der Waals surface area (Å²) in [6.07, 6.45) is -0.522. The van der Waals surface area contributed by atoms with E-state index in [2.05, 4.69) is 0 Å². The van der Waals surface area contributed by atoms with E-state index in [1.807, 2.05) is 27.7 Å². The summed E-state index contributed by atoms with van der Waals surface area (Å²) in [5.74, 6) is -2.96. The molecule has 0 aliphatic rings. The van der Waals surface area contributed by atoms with Gasteiger partial charge in [-0.2, -0.15) is 0 Å². The number of hydrogen-bond acceptors (Lipinski definition) is 12. The number of alkyl halides is 2. The van der Waals surface area contributed by atoms with Crippen LogP contribution < -0.4 is 18.9 Å². The Morgan fingerprint density at radius 2 is 0.939 bits per heavy atom. The van der Waals surface area contributed by atoms with Crippen LogP contribution in [0.15, 0.2) is 72.8 Å². The van der Waals surface area contributed by atoms with E-state index in [4.69, 9.17) is 88.6 Å². The highest BCUT2D eigenvalue weighted by molar-refractivity contribution is 7.92. The van der Waals surface area contributed by atoms with Crippen molar-refractivity contribution in [2.75, 3.05) is 49.8 Å². The van der Waals surface area contributed by atoms with Gasteiger partial charge in [-0.25, -0.2) is 16.8 Å². The summed E-state index contributed by atoms with van der Waals surface area (Å²) in [6, 6.07) is 19.5. The Morgan fingerprint density at radius 1 is 0.576 bits per heavy atom. The molecule has 4 aromatic rings. The summed E-state index contributed by atoms with van der Waals surface area (Å²) in [5.41, 5.74) is -1.20. The molecule has 0 bridgehead atoms. The SMILES string of the molecule is CC(O)(CCl)COc1c(Cl)cc(C(C)(C)c2ccc(OCC(=O)[C@@H](C(Oc3ccc(C(C)(C)c4cc(Cl)c(OCC(C)(O)CCl)c(Cl)c4)cc3)C(=O)CS(C)(=O)=O)S(C)(=O)=O)cc2)cc1Cl. The van der Waals surface area contributed by atoms with Gasteiger partial charge in [-0.3, -0.25) is 9.59 Å². The minimum absolute atomic E-state index is 0.0302. The number of halogens is 6. The average molecular weight is 1070 g/mol. The summed E-state index contributed by atoms with van der Waals surface area (Å²) in [6.45, 7) is 9.51. The standard InChI is InChI=1S/C46H52Cl6O12S2/c1-43(2,29-17-33(49)39(34(50)18-29)62-25-45(5,55)23-47)27-9-13-31(14-10-27)61-21-37(53)42(66(8,59)60)41(38(54)22-65(7,57)58)64-32-15-11-28(12-16-32)44(3,4)30-19-35(51)40(36(52)20-30)63-26-46(6,56)24-48/h9-20,41-42,55-56H,21-26H2,1-8H3/t41?,42-,45?,46?/m0/s1. The first-order valence-corrected chi connectivity index (χ1v) is 26.7. The van der Waals surface area contributed by atoms with Gasteiger partial charge >= 0.3 is 0 Å². The van der Waals surface area contributed by atoms with E-state index in [-0.39, 0.29) is 68.1 Å². The van der Waals surface area contributed by atoms with E-state index in [1.54, 1.807) is 60.7 Å². The summed E-state index contributed by atoms with van der Waals surface area (Å²) < 4.78 is 74.3. The van der Waals surface area contributed by atoms with E-state index in [0.29, 0.717) is 11.1 Å². The number of hydrogen-bond donors (Lipinski definition) is 2. The number of Topliss-reactive ketones (excluding diaryl/α,β-unsaturated/α-hetero) is 2. The number of sulfone groups is 2. The van der Waals surface area contributed by atoms with E-state index in [0.717, 1.165) is 23.6 Å². The number of ketones is 2. The molecule has 4 aromatic carbocycles. The summed E-state index contributed by atoms with van der Waals surface area (Å²) in [5, 5.41) is 19.1. The van der Waals surface area contributed by atoms with Gasteiger partial charge in [0.1, 0.15) is 48.3 Å². The third kappa shape index (κ3) is 14.5. The first-order valence-electron chi connectivity index (χ1n) is 20.1. The third-order valence-electron chi connectivity index (χ3n) is 10.6. The van der Waals surface area contributed by atoms with Crippen molar-refractivity contribution in [3.63, 3.8) is 0 Å². The Balaban J connectivity index is 1.56. The predicted molar refractivity (Wildman–Crippen MR) is 262 cm³/mol. The van der Waals surface area contributed by atoms with E-state index in [1.165, 1.54) is 26.0 Å².